The van der Waals surface area contributed by atoms with Crippen molar-refractivity contribution >= 4 is 18.3 Å². The number of carbonyl (C=O) groups excluding carboxylic acids is 2. The first-order chi connectivity index (χ1) is 9.76. The van der Waals surface area contributed by atoms with Gasteiger partial charge in [0.2, 0.25) is 0 Å². The quantitative estimate of drug-likeness (QED) is 0.269. The van der Waals surface area contributed by atoms with Crippen molar-refractivity contribution in [3.05, 3.63) is 0 Å². The number of carboxylic acids is 1. The Labute approximate surface area is 126 Å². The molecule has 0 aromatic rings. The van der Waals surface area contributed by atoms with Gasteiger partial charge in [0, 0.05) is 0 Å². The fourth-order valence-corrected chi connectivity index (χ4v) is 1.07. The van der Waals surface area contributed by atoms with Gasteiger partial charge in [-0.3, -0.25) is 14.5 Å². The molecule has 0 unspecified atom stereocenters. The largest absolute Gasteiger partial charge is 0.521 e. The zero-order valence-electron chi connectivity index (χ0n) is 13.1. The van der Waals surface area contributed by atoms with Crippen molar-refractivity contribution < 1.29 is 37.4 Å². The number of carbonyl (C=O) groups is 2. The third-order valence-corrected chi connectivity index (χ3v) is 1.58. The number of hydrogen-bond acceptors (Lipinski definition) is 5. The molecule has 0 saturated heterocycles. The van der Waals surface area contributed by atoms with Crippen LogP contribution in [-0.2, 0) is 19.1 Å². The van der Waals surface area contributed by atoms with Crippen molar-refractivity contribution in [3.63, 3.8) is 0 Å². The van der Waals surface area contributed by atoms with Crippen LogP contribution in [0.5, 0.6) is 0 Å². The number of esters is 1. The standard InChI is InChI=1S/C9H16F3NO2.C3H4NO3.Fm/c1-8(2,3)15-7(14)5-13(4)6-9(10,11)12;5-2-4-1-3(6)7;/h5-6H2,1-4H3;1H2,(H,4,5)(H,6,7);/q;-1;. The maximum Gasteiger partial charge on any atom is 0.401 e. The number of hydrogen-bond donors (Lipinski definition) is 2. The van der Waals surface area contributed by atoms with Crippen LogP contribution in [-0.4, -0.2) is 66.8 Å². The van der Waals surface area contributed by atoms with E-state index >= 15 is 0 Å². The molecule has 11 heteroatoms. The van der Waals surface area contributed by atoms with Gasteiger partial charge in [0.05, 0.1) is 19.6 Å². The van der Waals surface area contributed by atoms with E-state index in [4.69, 9.17) is 9.84 Å². The fraction of sp³-hybridized carbons (Fsp3) is 0.750. The van der Waals surface area contributed by atoms with Crippen molar-refractivity contribution in [2.75, 3.05) is 26.7 Å². The molecule has 0 rings (SSSR count). The van der Waals surface area contributed by atoms with Crippen LogP contribution in [0.4, 0.5) is 13.2 Å². The van der Waals surface area contributed by atoms with Crippen molar-refractivity contribution in [1.29, 1.82) is 0 Å². The summed E-state index contributed by atoms with van der Waals surface area (Å²) in [6, 6.07) is 0. The molecule has 0 aliphatic rings. The van der Waals surface area contributed by atoms with Crippen LogP contribution in [0.2, 0.25) is 0 Å². The molecule has 0 spiro atoms. The van der Waals surface area contributed by atoms with Crippen LogP contribution >= 0.6 is 0 Å². The van der Waals surface area contributed by atoms with E-state index in [2.05, 4.69) is 0 Å². The Morgan fingerprint density at radius 2 is 1.74 bits per heavy atom. The Hall–Kier alpha value is -2.84. The van der Waals surface area contributed by atoms with Gasteiger partial charge in [-0.25, -0.2) is 0 Å². The van der Waals surface area contributed by atoms with Crippen molar-refractivity contribution in [3.8, 4) is 0 Å². The first-order valence-corrected chi connectivity index (χ1v) is 6.06. The molecule has 0 bridgehead atoms. The van der Waals surface area contributed by atoms with Gasteiger partial charge in [-0.1, -0.05) is 0 Å². The van der Waals surface area contributed by atoms with Gasteiger partial charge >= 0.3 is 18.1 Å². The molecule has 0 aromatic heterocycles. The van der Waals surface area contributed by atoms with Gasteiger partial charge in [-0.15, -0.1) is 0 Å². The molecular weight excluding hydrogens is 566 g/mol. The molecule has 0 aliphatic carbocycles. The van der Waals surface area contributed by atoms with Crippen LogP contribution < -0.4 is 5.32 Å². The summed E-state index contributed by atoms with van der Waals surface area (Å²) >= 11 is 0. The molecular formula is C12H20F3FmN2O5-. The minimum absolute atomic E-state index is 0. The van der Waals surface area contributed by atoms with Gasteiger partial charge in [0.1, 0.15) is 5.60 Å². The van der Waals surface area contributed by atoms with Gasteiger partial charge in [0.25, 0.3) is 0 Å². The van der Waals surface area contributed by atoms with Crippen LogP contribution in [0.25, 0.3) is 0 Å². The summed E-state index contributed by atoms with van der Waals surface area (Å²) in [5.74, 6) is -1.72. The summed E-state index contributed by atoms with van der Waals surface area (Å²) < 4.78 is 40.6. The van der Waals surface area contributed by atoms with Crippen molar-refractivity contribution in [2.24, 2.45) is 0 Å². The van der Waals surface area contributed by atoms with E-state index in [0.717, 1.165) is 4.90 Å². The maximum atomic E-state index is 11.9. The number of carboxylic acid groups (broad SMARTS) is 1. The Kier molecular flexibility index (Phi) is 11.8. The molecule has 2 N–H and O–H groups in total. The topological polar surface area (TPSA) is 95.9 Å². The number of nitrogens with one attached hydrogen (secondary N) is 1. The summed E-state index contributed by atoms with van der Waals surface area (Å²) in [7, 11) is 1.22. The maximum absolute atomic E-state index is 11.9. The van der Waals surface area contributed by atoms with E-state index in [1.54, 1.807) is 20.8 Å². The Morgan fingerprint density at radius 3 is 2.00 bits per heavy atom. The molecule has 0 radical (unpaired) electrons. The zero-order chi connectivity index (χ0) is 18.0. The van der Waals surface area contributed by atoms with E-state index in [1.165, 1.54) is 13.5 Å². The third-order valence-electron chi connectivity index (χ3n) is 1.58. The summed E-state index contributed by atoms with van der Waals surface area (Å²) in [5.41, 5.74) is -0.670. The first-order valence-electron chi connectivity index (χ1n) is 6.06. The van der Waals surface area contributed by atoms with Gasteiger partial charge in [0.15, 0.2) is 0 Å². The number of alkyl halides is 3. The molecule has 1 amide bonds. The van der Waals surface area contributed by atoms with E-state index in [1.807, 2.05) is 5.32 Å². The smallest absolute Gasteiger partial charge is 0.401 e. The Morgan fingerprint density at radius 1 is 1.26 bits per heavy atom. The summed E-state index contributed by atoms with van der Waals surface area (Å²) in [6.45, 7) is 3.14. The Balaban J connectivity index is -0.000000425. The van der Waals surface area contributed by atoms with Gasteiger partial charge in [-0.2, -0.15) is 19.6 Å². The third kappa shape index (κ3) is 24.5. The van der Waals surface area contributed by atoms with E-state index in [-0.39, 0.29) is 13.1 Å². The minimum atomic E-state index is -4.29. The summed E-state index contributed by atoms with van der Waals surface area (Å²) in [5, 5.41) is 9.65. The molecule has 0 saturated carbocycles. The first kappa shape index (κ1) is 25.1. The second-order valence-electron chi connectivity index (χ2n) is 5.22. The number of aliphatic carboxylic acids is 1. The molecule has 142 valence electrons. The van der Waals surface area contributed by atoms with Crippen LogP contribution in [0, 0.1) is 0 Å². The molecule has 0 aromatic carbocycles. The SMILES string of the molecule is CN(CC(=O)OC(C)(C)C)CC(F)(F)F.O=[C-]NCC(=O)O.[Fm]. The monoisotopic (exact) mass is 586 g/mol. The van der Waals surface area contributed by atoms with Crippen LogP contribution in [0.15, 0.2) is 0 Å². The number of ether oxygens (including phenoxy) is 1. The summed E-state index contributed by atoms with van der Waals surface area (Å²) in [6.07, 6.45) is -3.08. The van der Waals surface area contributed by atoms with E-state index < -0.39 is 30.3 Å². The Bertz CT molecular complexity index is 373. The molecule has 0 atom stereocenters. The zero-order valence-corrected chi connectivity index (χ0v) is 15.5. The predicted molar refractivity (Wildman–Crippen MR) is 70.7 cm³/mol. The van der Waals surface area contributed by atoms with E-state index in [0.29, 0.717) is 0 Å². The second kappa shape index (κ2) is 10.8. The fourth-order valence-electron chi connectivity index (χ4n) is 1.07. The van der Waals surface area contributed by atoms with Crippen LogP contribution in [0.1, 0.15) is 20.8 Å². The minimum Gasteiger partial charge on any atom is -0.521 e. The second-order valence-corrected chi connectivity index (χ2v) is 5.22. The number of rotatable bonds is 6. The molecule has 0 fully saturated rings. The van der Waals surface area contributed by atoms with E-state index in [9.17, 15) is 27.6 Å². The van der Waals surface area contributed by atoms with Crippen LogP contribution in [0.3, 0.4) is 0 Å². The molecule has 0 heterocycles. The van der Waals surface area contributed by atoms with Crippen molar-refractivity contribution in [2.45, 2.75) is 32.5 Å². The number of amides is 1. The summed E-state index contributed by atoms with van der Waals surface area (Å²) in [4.78, 5) is 30.7. The van der Waals surface area contributed by atoms with Gasteiger partial charge < -0.3 is 20.0 Å². The molecule has 7 nitrogen and oxygen atoms in total. The molecule has 23 heavy (non-hydrogen) atoms. The van der Waals surface area contributed by atoms with Crippen molar-refractivity contribution in [1.82, 2.24) is 10.2 Å². The predicted octanol–water partition coefficient (Wildman–Crippen LogP) is 0.550. The normalized spacial score (nSPS) is 10.8. The number of halogens is 3. The number of nitrogens with zero attached hydrogens (tertiary/aromatic N) is 1. The number of likely N-dealkylation sites (N-methyl/N-ethyl adjacent to an activating group) is 1. The average Bonchev–Trinajstić information content (AvgIpc) is 2.20. The average molecular weight is 586 g/mol. The molecule has 0 aliphatic heterocycles. The van der Waals surface area contributed by atoms with Gasteiger partial charge in [-0.05, 0) is 27.8 Å².